The standard InChI is InChI=1S/C18H23NO/c1-13-7-8-14(2)16(9-13)12-17(19)10-15-5-4-6-18(11-15)20-3/h4-9,11,17H,10,12,19H2,1-3H3. The predicted molar refractivity (Wildman–Crippen MR) is 84.3 cm³/mol. The highest BCUT2D eigenvalue weighted by Crippen LogP contribution is 2.17. The van der Waals surface area contributed by atoms with Crippen molar-refractivity contribution in [1.82, 2.24) is 0 Å². The van der Waals surface area contributed by atoms with E-state index < -0.39 is 0 Å². The smallest absolute Gasteiger partial charge is 0.119 e. The summed E-state index contributed by atoms with van der Waals surface area (Å²) in [5.41, 5.74) is 11.5. The fraction of sp³-hybridized carbons (Fsp3) is 0.333. The van der Waals surface area contributed by atoms with Gasteiger partial charge in [0.25, 0.3) is 0 Å². The molecule has 1 atom stereocenters. The number of rotatable bonds is 5. The first kappa shape index (κ1) is 14.6. The van der Waals surface area contributed by atoms with Gasteiger partial charge < -0.3 is 10.5 Å². The molecule has 0 aliphatic heterocycles. The summed E-state index contributed by atoms with van der Waals surface area (Å²) < 4.78 is 5.25. The molecule has 0 heterocycles. The quantitative estimate of drug-likeness (QED) is 0.902. The third kappa shape index (κ3) is 3.84. The van der Waals surface area contributed by atoms with Crippen LogP contribution in [0.5, 0.6) is 5.75 Å². The molecular weight excluding hydrogens is 246 g/mol. The van der Waals surface area contributed by atoms with E-state index in [0.29, 0.717) is 0 Å². The minimum Gasteiger partial charge on any atom is -0.497 e. The number of nitrogens with two attached hydrogens (primary N) is 1. The molecule has 0 fully saturated rings. The van der Waals surface area contributed by atoms with Crippen molar-refractivity contribution >= 4 is 0 Å². The first-order chi connectivity index (χ1) is 9.58. The van der Waals surface area contributed by atoms with Crippen LogP contribution in [-0.2, 0) is 12.8 Å². The fourth-order valence-electron chi connectivity index (χ4n) is 2.48. The van der Waals surface area contributed by atoms with E-state index in [1.165, 1.54) is 22.3 Å². The van der Waals surface area contributed by atoms with Crippen LogP contribution in [0.1, 0.15) is 22.3 Å². The van der Waals surface area contributed by atoms with E-state index in [9.17, 15) is 0 Å². The molecule has 1 unspecified atom stereocenters. The lowest BCUT2D eigenvalue weighted by atomic mass is 9.96. The highest BCUT2D eigenvalue weighted by Gasteiger charge is 2.08. The predicted octanol–water partition coefficient (Wildman–Crippen LogP) is 3.42. The minimum absolute atomic E-state index is 0.127. The Morgan fingerprint density at radius 2 is 1.85 bits per heavy atom. The maximum atomic E-state index is 6.31. The zero-order chi connectivity index (χ0) is 14.5. The molecule has 2 rings (SSSR count). The van der Waals surface area contributed by atoms with Crippen LogP contribution in [0.25, 0.3) is 0 Å². The number of hydrogen-bond donors (Lipinski definition) is 1. The van der Waals surface area contributed by atoms with Gasteiger partial charge in [0, 0.05) is 6.04 Å². The molecule has 20 heavy (non-hydrogen) atoms. The van der Waals surface area contributed by atoms with E-state index in [0.717, 1.165) is 18.6 Å². The Labute approximate surface area is 121 Å². The maximum Gasteiger partial charge on any atom is 0.119 e. The molecule has 2 heteroatoms. The van der Waals surface area contributed by atoms with E-state index in [-0.39, 0.29) is 6.04 Å². The average molecular weight is 269 g/mol. The van der Waals surface area contributed by atoms with Gasteiger partial charge in [-0.1, -0.05) is 35.9 Å². The van der Waals surface area contributed by atoms with Gasteiger partial charge in [0.2, 0.25) is 0 Å². The lowest BCUT2D eigenvalue weighted by Crippen LogP contribution is -2.25. The zero-order valence-electron chi connectivity index (χ0n) is 12.5. The van der Waals surface area contributed by atoms with Crippen molar-refractivity contribution in [2.75, 3.05) is 7.11 Å². The first-order valence-corrected chi connectivity index (χ1v) is 7.03. The molecule has 0 spiro atoms. The summed E-state index contributed by atoms with van der Waals surface area (Å²) >= 11 is 0. The second kappa shape index (κ2) is 6.58. The van der Waals surface area contributed by atoms with Gasteiger partial charge in [-0.3, -0.25) is 0 Å². The number of methoxy groups -OCH3 is 1. The van der Waals surface area contributed by atoms with Gasteiger partial charge in [0.1, 0.15) is 5.75 Å². The largest absolute Gasteiger partial charge is 0.497 e. The molecule has 0 radical (unpaired) electrons. The maximum absolute atomic E-state index is 6.31. The molecule has 0 saturated carbocycles. The molecule has 0 aromatic heterocycles. The molecule has 2 aromatic carbocycles. The van der Waals surface area contributed by atoms with Crippen LogP contribution in [0.3, 0.4) is 0 Å². The summed E-state index contributed by atoms with van der Waals surface area (Å²) in [6.07, 6.45) is 1.77. The first-order valence-electron chi connectivity index (χ1n) is 7.03. The Morgan fingerprint density at radius 1 is 1.05 bits per heavy atom. The molecular formula is C18H23NO. The number of hydrogen-bond acceptors (Lipinski definition) is 2. The van der Waals surface area contributed by atoms with Crippen molar-refractivity contribution in [2.24, 2.45) is 5.73 Å². The van der Waals surface area contributed by atoms with Crippen LogP contribution >= 0.6 is 0 Å². The molecule has 0 aliphatic rings. The summed E-state index contributed by atoms with van der Waals surface area (Å²) in [7, 11) is 1.69. The van der Waals surface area contributed by atoms with Crippen molar-refractivity contribution in [1.29, 1.82) is 0 Å². The van der Waals surface area contributed by atoms with Crippen LogP contribution in [0.4, 0.5) is 0 Å². The normalized spacial score (nSPS) is 12.2. The summed E-state index contributed by atoms with van der Waals surface area (Å²) in [5, 5.41) is 0. The Balaban J connectivity index is 2.04. The second-order valence-corrected chi connectivity index (χ2v) is 5.45. The Bertz CT molecular complexity index is 577. The SMILES string of the molecule is COc1cccc(CC(N)Cc2cc(C)ccc2C)c1. The van der Waals surface area contributed by atoms with E-state index in [1.54, 1.807) is 7.11 Å². The minimum atomic E-state index is 0.127. The molecule has 0 saturated heterocycles. The monoisotopic (exact) mass is 269 g/mol. The van der Waals surface area contributed by atoms with Gasteiger partial charge in [-0.05, 0) is 55.5 Å². The van der Waals surface area contributed by atoms with Crippen molar-refractivity contribution in [3.05, 3.63) is 64.7 Å². The molecule has 0 amide bonds. The van der Waals surface area contributed by atoms with Crippen LogP contribution in [0.15, 0.2) is 42.5 Å². The molecule has 0 bridgehead atoms. The van der Waals surface area contributed by atoms with Crippen molar-refractivity contribution in [2.45, 2.75) is 32.7 Å². The van der Waals surface area contributed by atoms with E-state index in [2.05, 4.69) is 44.2 Å². The van der Waals surface area contributed by atoms with Crippen molar-refractivity contribution in [3.8, 4) is 5.75 Å². The average Bonchev–Trinajstić information content (AvgIpc) is 2.43. The highest BCUT2D eigenvalue weighted by atomic mass is 16.5. The molecule has 2 nitrogen and oxygen atoms in total. The van der Waals surface area contributed by atoms with Gasteiger partial charge in [-0.15, -0.1) is 0 Å². The van der Waals surface area contributed by atoms with Gasteiger partial charge >= 0.3 is 0 Å². The van der Waals surface area contributed by atoms with Crippen molar-refractivity contribution in [3.63, 3.8) is 0 Å². The summed E-state index contributed by atoms with van der Waals surface area (Å²) in [4.78, 5) is 0. The van der Waals surface area contributed by atoms with Crippen molar-refractivity contribution < 1.29 is 4.74 Å². The lowest BCUT2D eigenvalue weighted by Gasteiger charge is -2.14. The molecule has 106 valence electrons. The highest BCUT2D eigenvalue weighted by molar-refractivity contribution is 5.32. The van der Waals surface area contributed by atoms with Gasteiger partial charge in [-0.2, -0.15) is 0 Å². The summed E-state index contributed by atoms with van der Waals surface area (Å²) in [5.74, 6) is 0.890. The van der Waals surface area contributed by atoms with E-state index in [1.807, 2.05) is 12.1 Å². The Hall–Kier alpha value is -1.80. The third-order valence-electron chi connectivity index (χ3n) is 3.62. The Morgan fingerprint density at radius 3 is 2.60 bits per heavy atom. The second-order valence-electron chi connectivity index (χ2n) is 5.45. The molecule has 0 aliphatic carbocycles. The zero-order valence-corrected chi connectivity index (χ0v) is 12.5. The number of ether oxygens (including phenoxy) is 1. The number of aryl methyl sites for hydroxylation is 2. The van der Waals surface area contributed by atoms with Crippen LogP contribution in [0, 0.1) is 13.8 Å². The molecule has 2 N–H and O–H groups in total. The topological polar surface area (TPSA) is 35.2 Å². The Kier molecular flexibility index (Phi) is 4.80. The summed E-state index contributed by atoms with van der Waals surface area (Å²) in [6.45, 7) is 4.27. The van der Waals surface area contributed by atoms with Crippen LogP contribution in [-0.4, -0.2) is 13.2 Å². The van der Waals surface area contributed by atoms with Crippen LogP contribution < -0.4 is 10.5 Å². The van der Waals surface area contributed by atoms with Gasteiger partial charge in [0.15, 0.2) is 0 Å². The lowest BCUT2D eigenvalue weighted by molar-refractivity contribution is 0.414. The summed E-state index contributed by atoms with van der Waals surface area (Å²) in [6, 6.07) is 14.8. The van der Waals surface area contributed by atoms with Gasteiger partial charge in [-0.25, -0.2) is 0 Å². The van der Waals surface area contributed by atoms with Crippen LogP contribution in [0.2, 0.25) is 0 Å². The van der Waals surface area contributed by atoms with E-state index in [4.69, 9.17) is 10.5 Å². The fourth-order valence-corrected chi connectivity index (χ4v) is 2.48. The third-order valence-corrected chi connectivity index (χ3v) is 3.62. The molecule has 2 aromatic rings. The van der Waals surface area contributed by atoms with Gasteiger partial charge in [0.05, 0.1) is 7.11 Å². The van der Waals surface area contributed by atoms with E-state index >= 15 is 0 Å². The number of benzene rings is 2.